The van der Waals surface area contributed by atoms with Crippen molar-refractivity contribution in [2.45, 2.75) is 26.9 Å². The first-order valence-electron chi connectivity index (χ1n) is 6.57. The van der Waals surface area contributed by atoms with Gasteiger partial charge in [0.05, 0.1) is 13.1 Å². The Morgan fingerprint density at radius 2 is 2.06 bits per heavy atom. The van der Waals surface area contributed by atoms with Gasteiger partial charge in [-0.15, -0.1) is 0 Å². The molecule has 1 N–H and O–H groups in total. The molecule has 0 unspecified atom stereocenters. The van der Waals surface area contributed by atoms with E-state index in [-0.39, 0.29) is 0 Å². The van der Waals surface area contributed by atoms with E-state index in [0.717, 1.165) is 37.7 Å². The Labute approximate surface area is 115 Å². The number of rotatable bonds is 9. The molecular weight excluding hydrogens is 244 g/mol. The zero-order valence-electron chi connectivity index (χ0n) is 12.0. The van der Waals surface area contributed by atoms with Crippen LogP contribution < -0.4 is 5.32 Å². The zero-order chi connectivity index (χ0) is 13.4. The van der Waals surface area contributed by atoms with Crippen LogP contribution in [0.2, 0.25) is 0 Å². The SMILES string of the molecule is CSCCN(C)Cc1ccc(CNCC(C)C)o1. The lowest BCUT2D eigenvalue weighted by Crippen LogP contribution is -2.20. The molecule has 1 aromatic heterocycles. The van der Waals surface area contributed by atoms with Crippen LogP contribution in [-0.2, 0) is 13.1 Å². The molecule has 0 aromatic carbocycles. The quantitative estimate of drug-likeness (QED) is 0.747. The lowest BCUT2D eigenvalue weighted by atomic mass is 10.2. The van der Waals surface area contributed by atoms with Gasteiger partial charge in [0.1, 0.15) is 11.5 Å². The van der Waals surface area contributed by atoms with Crippen molar-refractivity contribution in [1.29, 1.82) is 0 Å². The fourth-order valence-electron chi connectivity index (χ4n) is 1.68. The van der Waals surface area contributed by atoms with Crippen LogP contribution in [0.5, 0.6) is 0 Å². The van der Waals surface area contributed by atoms with Crippen LogP contribution >= 0.6 is 11.8 Å². The number of nitrogens with one attached hydrogen (secondary N) is 1. The smallest absolute Gasteiger partial charge is 0.118 e. The molecule has 0 radical (unpaired) electrons. The summed E-state index contributed by atoms with van der Waals surface area (Å²) in [5.74, 6) is 3.93. The number of furan rings is 1. The van der Waals surface area contributed by atoms with E-state index >= 15 is 0 Å². The summed E-state index contributed by atoms with van der Waals surface area (Å²) in [5.41, 5.74) is 0. The van der Waals surface area contributed by atoms with Crippen molar-refractivity contribution in [3.8, 4) is 0 Å². The minimum atomic E-state index is 0.678. The van der Waals surface area contributed by atoms with E-state index in [1.807, 2.05) is 11.8 Å². The van der Waals surface area contributed by atoms with Crippen LogP contribution in [0.15, 0.2) is 16.5 Å². The van der Waals surface area contributed by atoms with Gasteiger partial charge in [-0.05, 0) is 37.9 Å². The average Bonchev–Trinajstić information content (AvgIpc) is 2.73. The topological polar surface area (TPSA) is 28.4 Å². The first kappa shape index (κ1) is 15.6. The molecule has 0 bridgehead atoms. The van der Waals surface area contributed by atoms with E-state index in [0.29, 0.717) is 5.92 Å². The standard InChI is InChI=1S/C14H26N2OS/c1-12(2)9-15-10-13-5-6-14(17-13)11-16(3)7-8-18-4/h5-6,12,15H,7-11H2,1-4H3. The molecule has 4 heteroatoms. The molecule has 0 aliphatic heterocycles. The van der Waals surface area contributed by atoms with E-state index < -0.39 is 0 Å². The van der Waals surface area contributed by atoms with Crippen molar-refractivity contribution in [2.75, 3.05) is 32.1 Å². The van der Waals surface area contributed by atoms with Crippen molar-refractivity contribution < 1.29 is 4.42 Å². The Morgan fingerprint density at radius 1 is 1.33 bits per heavy atom. The molecular formula is C14H26N2OS. The van der Waals surface area contributed by atoms with Gasteiger partial charge in [0.2, 0.25) is 0 Å². The van der Waals surface area contributed by atoms with Gasteiger partial charge in [-0.1, -0.05) is 13.8 Å². The second-order valence-corrected chi connectivity index (χ2v) is 6.11. The Hall–Kier alpha value is -0.450. The van der Waals surface area contributed by atoms with Crippen LogP contribution in [0.4, 0.5) is 0 Å². The largest absolute Gasteiger partial charge is 0.463 e. The molecule has 18 heavy (non-hydrogen) atoms. The third kappa shape index (κ3) is 6.47. The molecule has 1 rings (SSSR count). The second-order valence-electron chi connectivity index (χ2n) is 5.12. The number of hydrogen-bond donors (Lipinski definition) is 1. The minimum absolute atomic E-state index is 0.678. The van der Waals surface area contributed by atoms with Crippen molar-refractivity contribution in [3.05, 3.63) is 23.7 Å². The summed E-state index contributed by atoms with van der Waals surface area (Å²) in [5, 5.41) is 3.39. The molecule has 0 saturated carbocycles. The zero-order valence-corrected chi connectivity index (χ0v) is 12.8. The normalized spacial score (nSPS) is 11.7. The predicted molar refractivity (Wildman–Crippen MR) is 80.0 cm³/mol. The number of hydrogen-bond acceptors (Lipinski definition) is 4. The predicted octanol–water partition coefficient (Wildman–Crippen LogP) is 2.82. The summed E-state index contributed by atoms with van der Waals surface area (Å²) < 4.78 is 5.81. The van der Waals surface area contributed by atoms with Crippen LogP contribution in [0.3, 0.4) is 0 Å². The van der Waals surface area contributed by atoms with Gasteiger partial charge < -0.3 is 9.73 Å². The molecule has 0 saturated heterocycles. The van der Waals surface area contributed by atoms with Gasteiger partial charge in [0.25, 0.3) is 0 Å². The summed E-state index contributed by atoms with van der Waals surface area (Å²) in [6, 6.07) is 4.16. The molecule has 0 amide bonds. The van der Waals surface area contributed by atoms with Crippen LogP contribution in [-0.4, -0.2) is 37.0 Å². The summed E-state index contributed by atoms with van der Waals surface area (Å²) in [6.07, 6.45) is 2.14. The molecule has 104 valence electrons. The summed E-state index contributed by atoms with van der Waals surface area (Å²) in [6.45, 7) is 8.27. The van der Waals surface area contributed by atoms with E-state index in [9.17, 15) is 0 Å². The van der Waals surface area contributed by atoms with Crippen molar-refractivity contribution in [1.82, 2.24) is 10.2 Å². The molecule has 0 aliphatic carbocycles. The molecule has 0 spiro atoms. The maximum atomic E-state index is 5.81. The monoisotopic (exact) mass is 270 g/mol. The lowest BCUT2D eigenvalue weighted by Gasteiger charge is -2.13. The highest BCUT2D eigenvalue weighted by atomic mass is 32.2. The van der Waals surface area contributed by atoms with Gasteiger partial charge in [-0.3, -0.25) is 4.90 Å². The first-order chi connectivity index (χ1) is 8.61. The Kier molecular flexibility index (Phi) is 7.47. The highest BCUT2D eigenvalue weighted by Gasteiger charge is 2.05. The third-order valence-electron chi connectivity index (χ3n) is 2.67. The lowest BCUT2D eigenvalue weighted by molar-refractivity contribution is 0.304. The average molecular weight is 270 g/mol. The fraction of sp³-hybridized carbons (Fsp3) is 0.714. The minimum Gasteiger partial charge on any atom is -0.463 e. The van der Waals surface area contributed by atoms with Gasteiger partial charge >= 0.3 is 0 Å². The molecule has 0 aliphatic rings. The summed E-state index contributed by atoms with van der Waals surface area (Å²) >= 11 is 1.88. The fourth-order valence-corrected chi connectivity index (χ4v) is 2.17. The molecule has 1 aromatic rings. The summed E-state index contributed by atoms with van der Waals surface area (Å²) in [4.78, 5) is 2.29. The van der Waals surface area contributed by atoms with Gasteiger partial charge in [-0.25, -0.2) is 0 Å². The van der Waals surface area contributed by atoms with Crippen molar-refractivity contribution in [2.24, 2.45) is 5.92 Å². The van der Waals surface area contributed by atoms with Crippen LogP contribution in [0.1, 0.15) is 25.4 Å². The highest BCUT2D eigenvalue weighted by molar-refractivity contribution is 7.98. The molecule has 0 atom stereocenters. The van der Waals surface area contributed by atoms with Gasteiger partial charge in [-0.2, -0.15) is 11.8 Å². The van der Waals surface area contributed by atoms with Crippen LogP contribution in [0, 0.1) is 5.92 Å². The Balaban J connectivity index is 2.29. The van der Waals surface area contributed by atoms with Crippen molar-refractivity contribution >= 4 is 11.8 Å². The number of thioether (sulfide) groups is 1. The Morgan fingerprint density at radius 3 is 2.72 bits per heavy atom. The van der Waals surface area contributed by atoms with Gasteiger partial charge in [0.15, 0.2) is 0 Å². The molecule has 3 nitrogen and oxygen atoms in total. The molecule has 1 heterocycles. The summed E-state index contributed by atoms with van der Waals surface area (Å²) in [7, 11) is 2.13. The Bertz CT molecular complexity index is 325. The van der Waals surface area contributed by atoms with Crippen molar-refractivity contribution in [3.63, 3.8) is 0 Å². The van der Waals surface area contributed by atoms with Crippen LogP contribution in [0.25, 0.3) is 0 Å². The van der Waals surface area contributed by atoms with E-state index in [4.69, 9.17) is 4.42 Å². The highest BCUT2D eigenvalue weighted by Crippen LogP contribution is 2.10. The maximum Gasteiger partial charge on any atom is 0.118 e. The number of nitrogens with zero attached hydrogens (tertiary/aromatic N) is 1. The van der Waals surface area contributed by atoms with E-state index in [2.05, 4.69) is 49.5 Å². The maximum absolute atomic E-state index is 5.81. The first-order valence-corrected chi connectivity index (χ1v) is 7.97. The van der Waals surface area contributed by atoms with E-state index in [1.54, 1.807) is 0 Å². The molecule has 0 fully saturated rings. The van der Waals surface area contributed by atoms with E-state index in [1.165, 1.54) is 5.75 Å². The van der Waals surface area contributed by atoms with Gasteiger partial charge in [0, 0.05) is 12.3 Å². The second kappa shape index (κ2) is 8.62. The third-order valence-corrected chi connectivity index (χ3v) is 3.26.